The summed E-state index contributed by atoms with van der Waals surface area (Å²) in [6.07, 6.45) is 1.70. The number of aliphatic hydroxyl groups is 1. The second-order valence-electron chi connectivity index (χ2n) is 6.23. The fraction of sp³-hybridized carbons (Fsp3) is 0.588. The first-order valence-corrected chi connectivity index (χ1v) is 8.11. The lowest BCUT2D eigenvalue weighted by atomic mass is 10.0. The summed E-state index contributed by atoms with van der Waals surface area (Å²) in [6, 6.07) is 6.63. The second kappa shape index (κ2) is 8.26. The van der Waals surface area contributed by atoms with Gasteiger partial charge < -0.3 is 15.3 Å². The molecule has 0 bridgehead atoms. The van der Waals surface area contributed by atoms with Crippen LogP contribution >= 0.6 is 0 Å². The molecule has 6 heteroatoms. The first-order valence-electron chi connectivity index (χ1n) is 8.11. The summed E-state index contributed by atoms with van der Waals surface area (Å²) in [4.78, 5) is 15.8. The van der Waals surface area contributed by atoms with Crippen LogP contribution in [0.2, 0.25) is 0 Å². The van der Waals surface area contributed by atoms with Crippen molar-refractivity contribution in [1.29, 1.82) is 0 Å². The third-order valence-corrected chi connectivity index (χ3v) is 4.51. The molecule has 1 aromatic carbocycles. The number of aliphatic hydroxyl groups excluding tert-OH is 1. The molecule has 0 spiro atoms. The van der Waals surface area contributed by atoms with E-state index >= 15 is 0 Å². The van der Waals surface area contributed by atoms with Crippen LogP contribution in [-0.2, 0) is 6.54 Å². The summed E-state index contributed by atoms with van der Waals surface area (Å²) >= 11 is 0. The number of carbonyl (C=O) groups excluding carboxylic acids is 1. The smallest absolute Gasteiger partial charge is 0.317 e. The fourth-order valence-corrected chi connectivity index (χ4v) is 2.70. The summed E-state index contributed by atoms with van der Waals surface area (Å²) < 4.78 is 13.7. The molecule has 0 aromatic heterocycles. The highest BCUT2D eigenvalue weighted by atomic mass is 19.1. The molecule has 1 aliphatic rings. The molecule has 2 amide bonds. The van der Waals surface area contributed by atoms with Gasteiger partial charge in [0, 0.05) is 38.3 Å². The Hall–Kier alpha value is -1.66. The summed E-state index contributed by atoms with van der Waals surface area (Å²) in [7, 11) is 1.68. The zero-order valence-electron chi connectivity index (χ0n) is 13.8. The number of likely N-dealkylation sites (tertiary alicyclic amines) is 1. The average molecular weight is 323 g/mol. The summed E-state index contributed by atoms with van der Waals surface area (Å²) in [5, 5.41) is 12.1. The Kier molecular flexibility index (Phi) is 6.36. The zero-order valence-corrected chi connectivity index (χ0v) is 13.8. The van der Waals surface area contributed by atoms with E-state index < -0.39 is 0 Å². The third-order valence-electron chi connectivity index (χ3n) is 4.51. The van der Waals surface area contributed by atoms with E-state index in [9.17, 15) is 9.18 Å². The van der Waals surface area contributed by atoms with Crippen LogP contribution in [0.15, 0.2) is 24.3 Å². The molecule has 1 atom stereocenters. The normalized spacial score (nSPS) is 17.7. The van der Waals surface area contributed by atoms with E-state index in [1.165, 1.54) is 11.0 Å². The number of benzene rings is 1. The van der Waals surface area contributed by atoms with Gasteiger partial charge in [0.05, 0.1) is 12.6 Å². The van der Waals surface area contributed by atoms with Crippen molar-refractivity contribution < 1.29 is 14.3 Å². The van der Waals surface area contributed by atoms with Crippen LogP contribution in [0.1, 0.15) is 25.3 Å². The van der Waals surface area contributed by atoms with E-state index in [2.05, 4.69) is 10.2 Å². The van der Waals surface area contributed by atoms with Crippen molar-refractivity contribution in [2.45, 2.75) is 38.4 Å². The highest BCUT2D eigenvalue weighted by Gasteiger charge is 2.23. The number of rotatable bonds is 5. The van der Waals surface area contributed by atoms with E-state index in [4.69, 9.17) is 5.11 Å². The monoisotopic (exact) mass is 323 g/mol. The fourth-order valence-electron chi connectivity index (χ4n) is 2.70. The molecule has 0 radical (unpaired) electrons. The van der Waals surface area contributed by atoms with Crippen LogP contribution in [0.4, 0.5) is 9.18 Å². The van der Waals surface area contributed by atoms with Gasteiger partial charge in [0.1, 0.15) is 5.82 Å². The van der Waals surface area contributed by atoms with Crippen molar-refractivity contribution in [3.63, 3.8) is 0 Å². The molecule has 1 heterocycles. The molecule has 1 aromatic rings. The van der Waals surface area contributed by atoms with Crippen LogP contribution in [0.3, 0.4) is 0 Å². The van der Waals surface area contributed by atoms with Crippen LogP contribution < -0.4 is 5.32 Å². The van der Waals surface area contributed by atoms with E-state index in [0.717, 1.165) is 25.9 Å². The highest BCUT2D eigenvalue weighted by molar-refractivity contribution is 5.74. The van der Waals surface area contributed by atoms with Crippen molar-refractivity contribution in [3.8, 4) is 0 Å². The van der Waals surface area contributed by atoms with Gasteiger partial charge in [-0.05, 0) is 25.8 Å². The predicted octanol–water partition coefficient (Wildman–Crippen LogP) is 1.81. The summed E-state index contributed by atoms with van der Waals surface area (Å²) in [5.74, 6) is -0.164. The molecule has 128 valence electrons. The molecule has 5 nitrogen and oxygen atoms in total. The number of likely N-dealkylation sites (N-methyl/N-ethyl adjacent to an activating group) is 1. The third kappa shape index (κ3) is 4.91. The molecular formula is C17H26FN3O2. The van der Waals surface area contributed by atoms with Crippen molar-refractivity contribution in [3.05, 3.63) is 35.6 Å². The van der Waals surface area contributed by atoms with Crippen molar-refractivity contribution in [2.24, 2.45) is 0 Å². The molecule has 0 saturated carbocycles. The number of hydrogen-bond donors (Lipinski definition) is 2. The number of amides is 2. The number of nitrogens with zero attached hydrogens (tertiary/aromatic N) is 2. The van der Waals surface area contributed by atoms with E-state index in [1.807, 2.05) is 12.1 Å². The molecule has 1 unspecified atom stereocenters. The zero-order chi connectivity index (χ0) is 16.8. The van der Waals surface area contributed by atoms with Gasteiger partial charge in [0.15, 0.2) is 0 Å². The van der Waals surface area contributed by atoms with Crippen molar-refractivity contribution in [1.82, 2.24) is 15.1 Å². The average Bonchev–Trinajstić information content (AvgIpc) is 2.57. The Labute approximate surface area is 137 Å². The van der Waals surface area contributed by atoms with Gasteiger partial charge in [-0.1, -0.05) is 18.2 Å². The highest BCUT2D eigenvalue weighted by Crippen LogP contribution is 2.16. The summed E-state index contributed by atoms with van der Waals surface area (Å²) in [5.41, 5.74) is 0.714. The maximum Gasteiger partial charge on any atom is 0.317 e. The molecule has 1 fully saturated rings. The topological polar surface area (TPSA) is 55.8 Å². The minimum atomic E-state index is -0.198. The van der Waals surface area contributed by atoms with Crippen molar-refractivity contribution >= 4 is 6.03 Å². The number of piperidine rings is 1. The quantitative estimate of drug-likeness (QED) is 0.869. The van der Waals surface area contributed by atoms with Crippen LogP contribution in [0.25, 0.3) is 0 Å². The first-order chi connectivity index (χ1) is 11.0. The van der Waals surface area contributed by atoms with Gasteiger partial charge in [0.2, 0.25) is 0 Å². The minimum Gasteiger partial charge on any atom is -0.394 e. The van der Waals surface area contributed by atoms with Gasteiger partial charge in [-0.2, -0.15) is 0 Å². The Balaban J connectivity index is 1.78. The number of carbonyl (C=O) groups is 1. The number of urea groups is 1. The van der Waals surface area contributed by atoms with Gasteiger partial charge in [0.25, 0.3) is 0 Å². The Morgan fingerprint density at radius 2 is 2.09 bits per heavy atom. The Morgan fingerprint density at radius 3 is 2.70 bits per heavy atom. The van der Waals surface area contributed by atoms with Gasteiger partial charge in [-0.25, -0.2) is 9.18 Å². The summed E-state index contributed by atoms with van der Waals surface area (Å²) in [6.45, 7) is 4.02. The van der Waals surface area contributed by atoms with E-state index in [1.54, 1.807) is 20.0 Å². The van der Waals surface area contributed by atoms with Crippen LogP contribution in [-0.4, -0.2) is 59.8 Å². The minimum absolute atomic E-state index is 0.0506. The lowest BCUT2D eigenvalue weighted by molar-refractivity contribution is 0.145. The SMILES string of the molecule is CC(CO)N(C)C(=O)NC1CCN(Cc2ccccc2F)CC1. The standard InChI is InChI=1S/C17H26FN3O2/c1-13(12-22)20(2)17(23)19-15-7-9-21(10-8-15)11-14-5-3-4-6-16(14)18/h3-6,13,15,22H,7-12H2,1-2H3,(H,19,23). The maximum absolute atomic E-state index is 13.7. The first kappa shape index (κ1) is 17.7. The van der Waals surface area contributed by atoms with Gasteiger partial charge in [-0.15, -0.1) is 0 Å². The maximum atomic E-state index is 13.7. The molecule has 2 N–H and O–H groups in total. The predicted molar refractivity (Wildman–Crippen MR) is 87.5 cm³/mol. The molecule has 23 heavy (non-hydrogen) atoms. The molecule has 1 saturated heterocycles. The van der Waals surface area contributed by atoms with E-state index in [-0.39, 0.29) is 30.5 Å². The molecule has 0 aliphatic carbocycles. The second-order valence-corrected chi connectivity index (χ2v) is 6.23. The van der Waals surface area contributed by atoms with E-state index in [0.29, 0.717) is 12.1 Å². The lowest BCUT2D eigenvalue weighted by Gasteiger charge is -2.34. The van der Waals surface area contributed by atoms with Crippen molar-refractivity contribution in [2.75, 3.05) is 26.7 Å². The molecule has 2 rings (SSSR count). The molecular weight excluding hydrogens is 297 g/mol. The van der Waals surface area contributed by atoms with Gasteiger partial charge in [-0.3, -0.25) is 4.90 Å². The van der Waals surface area contributed by atoms with Crippen LogP contribution in [0.5, 0.6) is 0 Å². The lowest BCUT2D eigenvalue weighted by Crippen LogP contribution is -2.50. The number of hydrogen-bond acceptors (Lipinski definition) is 3. The van der Waals surface area contributed by atoms with Crippen LogP contribution in [0, 0.1) is 5.82 Å². The largest absolute Gasteiger partial charge is 0.394 e. The number of nitrogens with one attached hydrogen (secondary N) is 1. The Bertz CT molecular complexity index is 518. The molecule has 1 aliphatic heterocycles. The number of halogens is 1. The van der Waals surface area contributed by atoms with Gasteiger partial charge >= 0.3 is 6.03 Å². The Morgan fingerprint density at radius 1 is 1.43 bits per heavy atom.